The Bertz CT molecular complexity index is 2060. The molecule has 2 aliphatic rings. The molecule has 1 aromatic heterocycles. The fraction of sp³-hybridized carbons (Fsp3) is 0.275. The molecule has 2 aliphatic heterocycles. The lowest BCUT2D eigenvalue weighted by atomic mass is 9.99. The number of imide groups is 1. The molecule has 4 atom stereocenters. The number of hydrogen-bond donors (Lipinski definition) is 2. The maximum Gasteiger partial charge on any atom is 0.408 e. The molecule has 2 fully saturated rings. The van der Waals surface area contributed by atoms with Crippen LogP contribution in [0.1, 0.15) is 53.1 Å². The van der Waals surface area contributed by atoms with E-state index < -0.39 is 24.3 Å². The maximum atomic E-state index is 13.2. The number of ether oxygens (including phenoxy) is 3. The van der Waals surface area contributed by atoms with Crippen LogP contribution in [0.2, 0.25) is 0 Å². The van der Waals surface area contributed by atoms with Crippen molar-refractivity contribution in [1.29, 1.82) is 0 Å². The molecule has 0 aliphatic carbocycles. The summed E-state index contributed by atoms with van der Waals surface area (Å²) in [6.45, 7) is 0.0945. The number of hydrogen-bond acceptors (Lipinski definition) is 10. The zero-order chi connectivity index (χ0) is 36.7. The summed E-state index contributed by atoms with van der Waals surface area (Å²) in [5, 5.41) is 21.1. The van der Waals surface area contributed by atoms with Crippen molar-refractivity contribution < 1.29 is 33.7 Å². The Morgan fingerprint density at radius 1 is 0.906 bits per heavy atom. The molecule has 53 heavy (non-hydrogen) atoms. The number of amides is 3. The molecule has 0 saturated carbocycles. The summed E-state index contributed by atoms with van der Waals surface area (Å²) in [5.74, 6) is -0.189. The first-order chi connectivity index (χ1) is 25.8. The van der Waals surface area contributed by atoms with Gasteiger partial charge in [0.05, 0.1) is 31.8 Å². The predicted molar refractivity (Wildman–Crippen MR) is 196 cm³/mol. The van der Waals surface area contributed by atoms with Gasteiger partial charge in [-0.2, -0.15) is 0 Å². The second kappa shape index (κ2) is 16.6. The molecule has 0 radical (unpaired) electrons. The molecule has 2 saturated heterocycles. The number of carbonyl (C=O) groups excluding carboxylic acids is 3. The van der Waals surface area contributed by atoms with Crippen molar-refractivity contribution in [2.75, 3.05) is 5.75 Å². The van der Waals surface area contributed by atoms with E-state index in [-0.39, 0.29) is 44.3 Å². The average Bonchev–Trinajstić information content (AvgIpc) is 3.73. The lowest BCUT2D eigenvalue weighted by Gasteiger charge is -2.36. The minimum atomic E-state index is -0.986. The normalized spacial score (nSPS) is 20.1. The highest BCUT2D eigenvalue weighted by molar-refractivity contribution is 7.99. The maximum absolute atomic E-state index is 13.2. The summed E-state index contributed by atoms with van der Waals surface area (Å²) < 4.78 is 20.3. The van der Waals surface area contributed by atoms with Gasteiger partial charge in [0.2, 0.25) is 5.91 Å². The van der Waals surface area contributed by atoms with Crippen LogP contribution >= 0.6 is 11.8 Å². The number of rotatable bonds is 12. The van der Waals surface area contributed by atoms with E-state index in [0.717, 1.165) is 44.1 Å². The zero-order valence-electron chi connectivity index (χ0n) is 29.0. The van der Waals surface area contributed by atoms with Crippen LogP contribution in [0.25, 0.3) is 11.1 Å². The van der Waals surface area contributed by atoms with Crippen LogP contribution < -0.4 is 5.32 Å². The molecular weight excluding hydrogens is 695 g/mol. The van der Waals surface area contributed by atoms with E-state index in [1.54, 1.807) is 18.1 Å². The Balaban J connectivity index is 1.03. The number of alkyl carbamates (subject to hydrolysis) is 1. The topological polar surface area (TPSA) is 145 Å². The van der Waals surface area contributed by atoms with Gasteiger partial charge in [0, 0.05) is 24.8 Å². The molecule has 272 valence electrons. The Morgan fingerprint density at radius 2 is 1.66 bits per heavy atom. The Morgan fingerprint density at radius 3 is 2.42 bits per heavy atom. The van der Waals surface area contributed by atoms with Crippen molar-refractivity contribution in [2.24, 2.45) is 7.05 Å². The van der Waals surface area contributed by atoms with Crippen molar-refractivity contribution in [1.82, 2.24) is 25.0 Å². The quantitative estimate of drug-likeness (QED) is 0.118. The summed E-state index contributed by atoms with van der Waals surface area (Å²) >= 11 is 1.58. The van der Waals surface area contributed by atoms with E-state index in [1.807, 2.05) is 115 Å². The molecular formula is C40H39N5O7S. The zero-order valence-corrected chi connectivity index (χ0v) is 29.9. The van der Waals surface area contributed by atoms with E-state index >= 15 is 0 Å². The van der Waals surface area contributed by atoms with Crippen LogP contribution in [-0.2, 0) is 50.6 Å². The van der Waals surface area contributed by atoms with Crippen LogP contribution in [0.5, 0.6) is 0 Å². The summed E-state index contributed by atoms with van der Waals surface area (Å²) in [6.07, 6.45) is 0.388. The highest BCUT2D eigenvalue weighted by atomic mass is 32.2. The number of nitrogens with zero attached hydrogens (tertiary/aromatic N) is 4. The third-order valence-corrected chi connectivity index (χ3v) is 10.4. The summed E-state index contributed by atoms with van der Waals surface area (Å²) in [6, 6.07) is 31.6. The van der Waals surface area contributed by atoms with Gasteiger partial charge in [-0.15, -0.1) is 10.2 Å². The van der Waals surface area contributed by atoms with Crippen molar-refractivity contribution >= 4 is 29.7 Å². The molecule has 5 aromatic rings. The molecule has 0 spiro atoms. The molecule has 4 aromatic carbocycles. The SMILES string of the molecule is Cn1cnnc1SC[C@@H]1C[C@H](c2ccc(CO)cc2)O[C@H](c2cccc(-c3cccc(CN4C(=O)CC(NC(=O)OCc5ccccc5)C4=O)c3)c2)O1. The molecule has 1 unspecified atom stereocenters. The number of likely N-dealkylation sites (tertiary alicyclic amines) is 1. The van der Waals surface area contributed by atoms with Gasteiger partial charge in [-0.1, -0.05) is 103 Å². The number of aliphatic hydroxyl groups is 1. The van der Waals surface area contributed by atoms with Crippen molar-refractivity contribution in [3.05, 3.63) is 137 Å². The predicted octanol–water partition coefficient (Wildman–Crippen LogP) is 5.87. The van der Waals surface area contributed by atoms with Gasteiger partial charge in [0.25, 0.3) is 5.91 Å². The van der Waals surface area contributed by atoms with Crippen LogP contribution in [-0.4, -0.2) is 60.6 Å². The van der Waals surface area contributed by atoms with Crippen molar-refractivity contribution in [3.8, 4) is 11.1 Å². The number of benzene rings is 4. The van der Waals surface area contributed by atoms with E-state index in [2.05, 4.69) is 15.5 Å². The number of aromatic nitrogens is 3. The molecule has 2 N–H and O–H groups in total. The number of aryl methyl sites for hydroxylation is 1. The number of aliphatic hydroxyl groups excluding tert-OH is 1. The van der Waals surface area contributed by atoms with Crippen LogP contribution in [0.3, 0.4) is 0 Å². The Kier molecular flexibility index (Phi) is 11.3. The first kappa shape index (κ1) is 36.0. The van der Waals surface area contributed by atoms with Crippen LogP contribution in [0.4, 0.5) is 4.79 Å². The fourth-order valence-corrected chi connectivity index (χ4v) is 7.26. The molecule has 3 heterocycles. The average molecular weight is 734 g/mol. The van der Waals surface area contributed by atoms with Gasteiger partial charge in [0.15, 0.2) is 11.4 Å². The number of carbonyl (C=O) groups is 3. The van der Waals surface area contributed by atoms with Gasteiger partial charge in [-0.25, -0.2) is 4.79 Å². The third-order valence-electron chi connectivity index (χ3n) is 9.19. The summed E-state index contributed by atoms with van der Waals surface area (Å²) in [5.41, 5.74) is 6.06. The smallest absolute Gasteiger partial charge is 0.408 e. The Labute approximate surface area is 311 Å². The lowest BCUT2D eigenvalue weighted by molar-refractivity contribution is -0.245. The van der Waals surface area contributed by atoms with Gasteiger partial charge >= 0.3 is 6.09 Å². The highest BCUT2D eigenvalue weighted by Crippen LogP contribution is 2.40. The molecule has 13 heteroatoms. The minimum absolute atomic E-state index is 0.0309. The monoisotopic (exact) mass is 733 g/mol. The summed E-state index contributed by atoms with van der Waals surface area (Å²) in [4.78, 5) is 39.7. The van der Waals surface area contributed by atoms with Gasteiger partial charge in [-0.05, 0) is 45.5 Å². The molecule has 7 rings (SSSR count). The van der Waals surface area contributed by atoms with Gasteiger partial charge < -0.3 is 29.2 Å². The molecule has 12 nitrogen and oxygen atoms in total. The van der Waals surface area contributed by atoms with E-state index in [4.69, 9.17) is 14.2 Å². The molecule has 0 bridgehead atoms. The van der Waals surface area contributed by atoms with E-state index in [0.29, 0.717) is 12.2 Å². The van der Waals surface area contributed by atoms with Crippen molar-refractivity contribution in [3.63, 3.8) is 0 Å². The first-order valence-corrected chi connectivity index (χ1v) is 18.3. The van der Waals surface area contributed by atoms with Crippen LogP contribution in [0.15, 0.2) is 115 Å². The van der Waals surface area contributed by atoms with E-state index in [1.165, 1.54) is 4.90 Å². The fourth-order valence-electron chi connectivity index (χ4n) is 6.36. The third kappa shape index (κ3) is 8.83. The minimum Gasteiger partial charge on any atom is -0.445 e. The lowest BCUT2D eigenvalue weighted by Crippen LogP contribution is -2.41. The van der Waals surface area contributed by atoms with Gasteiger partial charge in [-0.3, -0.25) is 14.5 Å². The molecule has 3 amide bonds. The second-order valence-electron chi connectivity index (χ2n) is 13.0. The van der Waals surface area contributed by atoms with Crippen LogP contribution in [0, 0.1) is 0 Å². The van der Waals surface area contributed by atoms with E-state index in [9.17, 15) is 19.5 Å². The standard InChI is InChI=1S/C40H39N5O7S/c1-44-25-41-43-39(44)53-24-33-19-35(29-15-13-26(22-46)14-16-29)52-38(51-33)32-12-6-11-31(18-32)30-10-5-9-28(17-30)21-45-36(47)20-34(37(45)48)42-40(49)50-23-27-7-3-2-4-8-27/h2-18,25,33-35,38,46H,19-24H2,1H3,(H,42,49)/t33-,34?,35+,38+/m0/s1. The number of nitrogens with one attached hydrogen (secondary N) is 1. The summed E-state index contributed by atoms with van der Waals surface area (Å²) in [7, 11) is 1.91. The largest absolute Gasteiger partial charge is 0.445 e. The first-order valence-electron chi connectivity index (χ1n) is 17.3. The number of thioether (sulfide) groups is 1. The van der Waals surface area contributed by atoms with Crippen molar-refractivity contribution in [2.45, 2.75) is 62.3 Å². The Hall–Kier alpha value is -5.34. The van der Waals surface area contributed by atoms with Gasteiger partial charge in [0.1, 0.15) is 19.0 Å². The second-order valence-corrected chi connectivity index (χ2v) is 14.0. The highest BCUT2D eigenvalue weighted by Gasteiger charge is 2.40.